The molecule has 1 fully saturated rings. The van der Waals surface area contributed by atoms with Gasteiger partial charge < -0.3 is 20.0 Å². The SMILES string of the molecule is CCN1NC([C@H]2C[C@@H](O)CN2C(=O)[C@@H](c2cc(C)no2)C(C)C)=N[C@@]1(C)c1ccc(-c2ccccc2F)cc1. The number of rotatable bonds is 7. The van der Waals surface area contributed by atoms with Gasteiger partial charge in [0.05, 0.1) is 17.8 Å². The molecule has 0 unspecified atom stereocenters. The van der Waals surface area contributed by atoms with Crippen LogP contribution in [0.25, 0.3) is 11.1 Å². The number of halogens is 1. The number of β-amino-alcohol motifs (C(OH)–C–C–N with tert-alkyl or cyclic N) is 1. The van der Waals surface area contributed by atoms with Crippen molar-refractivity contribution in [1.29, 1.82) is 0 Å². The number of hydrazine groups is 1. The number of carbonyl (C=O) groups is 1. The minimum Gasteiger partial charge on any atom is -0.391 e. The van der Waals surface area contributed by atoms with Crippen molar-refractivity contribution >= 4 is 11.7 Å². The Kier molecular flexibility index (Phi) is 7.31. The van der Waals surface area contributed by atoms with Gasteiger partial charge in [-0.2, -0.15) is 5.01 Å². The second-order valence-corrected chi connectivity index (χ2v) is 10.9. The van der Waals surface area contributed by atoms with Crippen molar-refractivity contribution < 1.29 is 18.8 Å². The number of aliphatic hydroxyl groups excluding tert-OH is 1. The molecule has 2 N–H and O–H groups in total. The molecule has 0 spiro atoms. The molecule has 0 aliphatic carbocycles. The van der Waals surface area contributed by atoms with Crippen LogP contribution in [0.15, 0.2) is 64.1 Å². The molecule has 1 saturated heterocycles. The number of aliphatic hydroxyl groups is 1. The van der Waals surface area contributed by atoms with E-state index in [1.165, 1.54) is 6.07 Å². The van der Waals surface area contributed by atoms with Gasteiger partial charge in [0.25, 0.3) is 0 Å². The molecule has 2 aromatic carbocycles. The molecule has 0 saturated carbocycles. The molecule has 4 atom stereocenters. The number of amides is 1. The molecule has 206 valence electrons. The van der Waals surface area contributed by atoms with Crippen molar-refractivity contribution in [2.45, 2.75) is 64.8 Å². The lowest BCUT2D eigenvalue weighted by atomic mass is 9.91. The van der Waals surface area contributed by atoms with Crippen LogP contribution < -0.4 is 5.43 Å². The fourth-order valence-electron chi connectivity index (χ4n) is 5.74. The molecule has 0 bridgehead atoms. The van der Waals surface area contributed by atoms with Crippen LogP contribution in [-0.2, 0) is 10.5 Å². The number of likely N-dealkylation sites (tertiary alicyclic amines) is 1. The zero-order valence-electron chi connectivity index (χ0n) is 23.1. The highest BCUT2D eigenvalue weighted by Gasteiger charge is 2.47. The fraction of sp³-hybridized carbons (Fsp3) is 0.433. The number of nitrogens with one attached hydrogen (secondary N) is 1. The minimum atomic E-state index is -0.750. The van der Waals surface area contributed by atoms with Crippen molar-refractivity contribution in [2.24, 2.45) is 10.9 Å². The number of aliphatic imine (C=N–C) groups is 1. The maximum atomic E-state index is 14.3. The van der Waals surface area contributed by atoms with Gasteiger partial charge in [-0.3, -0.25) is 4.79 Å². The quantitative estimate of drug-likeness (QED) is 0.461. The Balaban J connectivity index is 1.45. The van der Waals surface area contributed by atoms with E-state index < -0.39 is 23.7 Å². The predicted molar refractivity (Wildman–Crippen MR) is 147 cm³/mol. The summed E-state index contributed by atoms with van der Waals surface area (Å²) in [6.45, 7) is 10.7. The van der Waals surface area contributed by atoms with Crippen LogP contribution in [-0.4, -0.2) is 57.2 Å². The Bertz CT molecular complexity index is 1370. The van der Waals surface area contributed by atoms with E-state index in [2.05, 4.69) is 10.6 Å². The van der Waals surface area contributed by atoms with Crippen LogP contribution in [0.3, 0.4) is 0 Å². The van der Waals surface area contributed by atoms with Gasteiger partial charge in [-0.1, -0.05) is 68.4 Å². The molecule has 1 aromatic heterocycles. The van der Waals surface area contributed by atoms with Crippen LogP contribution in [0.4, 0.5) is 4.39 Å². The summed E-state index contributed by atoms with van der Waals surface area (Å²) < 4.78 is 19.8. The first-order valence-electron chi connectivity index (χ1n) is 13.5. The number of hydrogen-bond donors (Lipinski definition) is 2. The lowest BCUT2D eigenvalue weighted by molar-refractivity contribution is -0.134. The minimum absolute atomic E-state index is 0.0212. The number of benzene rings is 2. The number of aromatic nitrogens is 1. The summed E-state index contributed by atoms with van der Waals surface area (Å²) in [6.07, 6.45) is -0.271. The van der Waals surface area contributed by atoms with Crippen LogP contribution in [0.1, 0.15) is 57.1 Å². The lowest BCUT2D eigenvalue weighted by Crippen LogP contribution is -2.51. The van der Waals surface area contributed by atoms with Gasteiger partial charge >= 0.3 is 0 Å². The van der Waals surface area contributed by atoms with Crippen LogP contribution >= 0.6 is 0 Å². The Morgan fingerprint density at radius 1 is 1.23 bits per heavy atom. The topological polar surface area (TPSA) is 94.2 Å². The first-order valence-corrected chi connectivity index (χ1v) is 13.5. The molecule has 39 heavy (non-hydrogen) atoms. The summed E-state index contributed by atoms with van der Waals surface area (Å²) in [5, 5.41) is 16.7. The molecule has 3 aromatic rings. The van der Waals surface area contributed by atoms with E-state index in [1.807, 2.05) is 70.0 Å². The first-order chi connectivity index (χ1) is 18.6. The van der Waals surface area contributed by atoms with Gasteiger partial charge in [0, 0.05) is 31.1 Å². The average molecular weight is 534 g/mol. The third-order valence-electron chi connectivity index (χ3n) is 7.81. The van der Waals surface area contributed by atoms with Crippen molar-refractivity contribution in [2.75, 3.05) is 13.1 Å². The van der Waals surface area contributed by atoms with Gasteiger partial charge in [-0.05, 0) is 37.0 Å². The molecule has 0 radical (unpaired) electrons. The largest absolute Gasteiger partial charge is 0.391 e. The van der Waals surface area contributed by atoms with Crippen molar-refractivity contribution in [3.05, 3.63) is 77.4 Å². The summed E-state index contributed by atoms with van der Waals surface area (Å²) in [5.41, 5.74) is 5.66. The number of amidine groups is 1. The molecular formula is C30H36FN5O3. The molecular weight excluding hydrogens is 497 g/mol. The van der Waals surface area contributed by atoms with E-state index in [4.69, 9.17) is 9.52 Å². The summed E-state index contributed by atoms with van der Waals surface area (Å²) in [7, 11) is 0. The summed E-state index contributed by atoms with van der Waals surface area (Å²) >= 11 is 0. The number of nitrogens with zero attached hydrogens (tertiary/aromatic N) is 4. The van der Waals surface area contributed by atoms with Crippen LogP contribution in [0.2, 0.25) is 0 Å². The van der Waals surface area contributed by atoms with Crippen molar-refractivity contribution in [1.82, 2.24) is 20.5 Å². The van der Waals surface area contributed by atoms with Gasteiger partial charge in [-0.15, -0.1) is 0 Å². The maximum absolute atomic E-state index is 14.3. The van der Waals surface area contributed by atoms with Gasteiger partial charge in [0.2, 0.25) is 5.91 Å². The normalized spacial score (nSPS) is 24.2. The lowest BCUT2D eigenvalue weighted by Gasteiger charge is -2.32. The third-order valence-corrected chi connectivity index (χ3v) is 7.81. The van der Waals surface area contributed by atoms with E-state index >= 15 is 0 Å². The molecule has 1 amide bonds. The Morgan fingerprint density at radius 3 is 2.56 bits per heavy atom. The molecule has 2 aliphatic heterocycles. The Hall–Kier alpha value is -3.56. The highest BCUT2D eigenvalue weighted by molar-refractivity contribution is 5.95. The maximum Gasteiger partial charge on any atom is 0.234 e. The molecule has 9 heteroatoms. The first kappa shape index (κ1) is 27.0. The van der Waals surface area contributed by atoms with E-state index in [-0.39, 0.29) is 24.2 Å². The zero-order valence-corrected chi connectivity index (χ0v) is 23.1. The average Bonchev–Trinajstić information content (AvgIpc) is 3.61. The summed E-state index contributed by atoms with van der Waals surface area (Å²) in [6, 6.07) is 15.8. The van der Waals surface area contributed by atoms with E-state index in [0.717, 1.165) is 16.8 Å². The smallest absolute Gasteiger partial charge is 0.234 e. The number of carbonyl (C=O) groups excluding carboxylic acids is 1. The highest BCUT2D eigenvalue weighted by atomic mass is 19.1. The van der Waals surface area contributed by atoms with Gasteiger partial charge in [0.1, 0.15) is 23.3 Å². The van der Waals surface area contributed by atoms with Crippen LogP contribution in [0.5, 0.6) is 0 Å². The monoisotopic (exact) mass is 533 g/mol. The molecule has 8 nitrogen and oxygen atoms in total. The highest BCUT2D eigenvalue weighted by Crippen LogP contribution is 2.37. The van der Waals surface area contributed by atoms with Gasteiger partial charge in [0.15, 0.2) is 5.66 Å². The number of aryl methyl sites for hydroxylation is 1. The molecule has 5 rings (SSSR count). The van der Waals surface area contributed by atoms with E-state index in [0.29, 0.717) is 30.1 Å². The van der Waals surface area contributed by atoms with Crippen molar-refractivity contribution in [3.8, 4) is 11.1 Å². The van der Waals surface area contributed by atoms with Crippen LogP contribution in [0, 0.1) is 18.7 Å². The third kappa shape index (κ3) is 4.96. The fourth-order valence-corrected chi connectivity index (χ4v) is 5.74. The second-order valence-electron chi connectivity index (χ2n) is 10.9. The van der Waals surface area contributed by atoms with Gasteiger partial charge in [-0.25, -0.2) is 9.38 Å². The summed E-state index contributed by atoms with van der Waals surface area (Å²) in [5.74, 6) is 0.257. The zero-order chi connectivity index (χ0) is 27.9. The second kappa shape index (κ2) is 10.5. The number of hydrogen-bond acceptors (Lipinski definition) is 7. The Labute approximate surface area is 228 Å². The Morgan fingerprint density at radius 2 is 1.95 bits per heavy atom. The predicted octanol–water partition coefficient (Wildman–Crippen LogP) is 4.60. The van der Waals surface area contributed by atoms with Crippen molar-refractivity contribution in [3.63, 3.8) is 0 Å². The summed E-state index contributed by atoms with van der Waals surface area (Å²) in [4.78, 5) is 20.7. The van der Waals surface area contributed by atoms with E-state index in [1.54, 1.807) is 23.1 Å². The van der Waals surface area contributed by atoms with E-state index in [9.17, 15) is 14.3 Å². The molecule has 2 aliphatic rings. The molecule has 3 heterocycles. The standard InChI is InChI=1S/C30H36FN5O3/c1-6-36-30(5,21-13-11-20(12-14-21)23-9-7-8-10-24(23)31)32-28(33-36)25-16-22(37)17-35(25)29(38)27(18(2)3)26-15-19(4)34-39-26/h7-15,18,22,25,27,37H,6,16-17H2,1-5H3,(H,32,33)/t22-,25-,27-,30-/m1/s1.